The lowest BCUT2D eigenvalue weighted by Gasteiger charge is -2.28. The van der Waals surface area contributed by atoms with Crippen LogP contribution < -0.4 is 0 Å². The summed E-state index contributed by atoms with van der Waals surface area (Å²) in [5, 5.41) is 0. The monoisotopic (exact) mass is 266 g/mol. The van der Waals surface area contributed by atoms with E-state index in [0.29, 0.717) is 11.8 Å². The van der Waals surface area contributed by atoms with Crippen molar-refractivity contribution in [1.82, 2.24) is 0 Å². The Morgan fingerprint density at radius 1 is 1.16 bits per heavy atom. The molecule has 0 bridgehead atoms. The van der Waals surface area contributed by atoms with Crippen molar-refractivity contribution < 1.29 is 14.3 Å². The Bertz CT molecular complexity index is 393. The number of ether oxygens (including phenoxy) is 2. The van der Waals surface area contributed by atoms with E-state index in [2.05, 4.69) is 27.7 Å². The van der Waals surface area contributed by atoms with Gasteiger partial charge in [0, 0.05) is 5.92 Å². The fraction of sp³-hybridized carbons (Fsp3) is 0.938. The molecular formula is C16H26O3. The van der Waals surface area contributed by atoms with E-state index >= 15 is 0 Å². The van der Waals surface area contributed by atoms with Gasteiger partial charge in [-0.05, 0) is 37.5 Å². The number of esters is 1. The number of carbonyl (C=O) groups excluding carboxylic acids is 1. The summed E-state index contributed by atoms with van der Waals surface area (Å²) in [5.74, 6) is 1.37. The van der Waals surface area contributed by atoms with Crippen LogP contribution >= 0.6 is 0 Å². The van der Waals surface area contributed by atoms with Crippen molar-refractivity contribution in [3.63, 3.8) is 0 Å². The van der Waals surface area contributed by atoms with Crippen molar-refractivity contribution in [3.8, 4) is 0 Å². The summed E-state index contributed by atoms with van der Waals surface area (Å²) in [7, 11) is 0. The molecule has 0 spiro atoms. The molecule has 3 aliphatic rings. The smallest absolute Gasteiger partial charge is 0.339 e. The molecule has 19 heavy (non-hydrogen) atoms. The molecule has 0 aromatic rings. The Morgan fingerprint density at radius 3 is 2.42 bits per heavy atom. The van der Waals surface area contributed by atoms with Crippen molar-refractivity contribution in [2.45, 2.75) is 77.1 Å². The van der Waals surface area contributed by atoms with Crippen molar-refractivity contribution >= 4 is 5.97 Å². The highest BCUT2D eigenvalue weighted by Crippen LogP contribution is 2.65. The van der Waals surface area contributed by atoms with Crippen molar-refractivity contribution in [2.75, 3.05) is 0 Å². The largest absolute Gasteiger partial charge is 0.456 e. The maximum atomic E-state index is 12.5. The summed E-state index contributed by atoms with van der Waals surface area (Å²) in [5.41, 5.74) is -0.867. The molecule has 108 valence electrons. The third-order valence-corrected chi connectivity index (χ3v) is 6.09. The zero-order chi connectivity index (χ0) is 13.8. The Labute approximate surface area is 116 Å². The Balaban J connectivity index is 2.09. The minimum absolute atomic E-state index is 0.0858. The number of carbonyl (C=O) groups is 1. The highest BCUT2D eigenvalue weighted by Gasteiger charge is 2.75. The second kappa shape index (κ2) is 4.21. The minimum Gasteiger partial charge on any atom is -0.456 e. The summed E-state index contributed by atoms with van der Waals surface area (Å²) < 4.78 is 12.2. The van der Waals surface area contributed by atoms with Gasteiger partial charge in [0.05, 0.1) is 6.10 Å². The van der Waals surface area contributed by atoms with Crippen LogP contribution in [-0.2, 0) is 14.3 Å². The van der Waals surface area contributed by atoms with Gasteiger partial charge in [-0.25, -0.2) is 4.79 Å². The molecule has 3 heteroatoms. The van der Waals surface area contributed by atoms with Gasteiger partial charge in [-0.3, -0.25) is 0 Å². The predicted octanol–water partition coefficient (Wildman–Crippen LogP) is 3.31. The zero-order valence-corrected chi connectivity index (χ0v) is 12.6. The van der Waals surface area contributed by atoms with E-state index in [9.17, 15) is 4.79 Å². The van der Waals surface area contributed by atoms with Crippen LogP contribution in [0.15, 0.2) is 0 Å². The van der Waals surface area contributed by atoms with E-state index in [1.165, 1.54) is 6.42 Å². The third kappa shape index (κ3) is 1.40. The molecule has 3 nitrogen and oxygen atoms in total. The van der Waals surface area contributed by atoms with Crippen LogP contribution in [0.2, 0.25) is 0 Å². The normalized spacial score (nSPS) is 51.5. The van der Waals surface area contributed by atoms with Crippen LogP contribution in [0.4, 0.5) is 0 Å². The van der Waals surface area contributed by atoms with Gasteiger partial charge in [-0.15, -0.1) is 0 Å². The first kappa shape index (κ1) is 13.4. The van der Waals surface area contributed by atoms with E-state index in [-0.39, 0.29) is 23.6 Å². The fourth-order valence-corrected chi connectivity index (χ4v) is 5.21. The lowest BCUT2D eigenvalue weighted by Crippen LogP contribution is -2.42. The van der Waals surface area contributed by atoms with E-state index in [0.717, 1.165) is 25.7 Å². The molecule has 0 unspecified atom stereocenters. The van der Waals surface area contributed by atoms with Crippen LogP contribution in [0.25, 0.3) is 0 Å². The Morgan fingerprint density at radius 2 is 1.89 bits per heavy atom. The van der Waals surface area contributed by atoms with Crippen LogP contribution in [0, 0.1) is 17.8 Å². The highest BCUT2D eigenvalue weighted by molar-refractivity contribution is 5.84. The SMILES string of the molecule is CC[C@H]1C[C@]2(CC)OC(=O)[C@]3(CC)O[C@H](CC)[C@H]1[C@H]23. The first-order chi connectivity index (χ1) is 9.08. The van der Waals surface area contributed by atoms with Gasteiger partial charge in [-0.1, -0.05) is 34.1 Å². The zero-order valence-electron chi connectivity index (χ0n) is 12.6. The lowest BCUT2D eigenvalue weighted by atomic mass is 9.73. The molecular weight excluding hydrogens is 240 g/mol. The van der Waals surface area contributed by atoms with E-state index in [1.54, 1.807) is 0 Å². The molecule has 3 fully saturated rings. The first-order valence-corrected chi connectivity index (χ1v) is 7.99. The summed E-state index contributed by atoms with van der Waals surface area (Å²) in [4.78, 5) is 12.5. The van der Waals surface area contributed by atoms with Gasteiger partial charge in [0.15, 0.2) is 5.60 Å². The second-order valence-electron chi connectivity index (χ2n) is 6.54. The fourth-order valence-electron chi connectivity index (χ4n) is 5.21. The standard InChI is InChI=1S/C16H26O3/c1-5-10-9-15(7-3)13-12(10)11(6-2)18-16(13,8-4)14(17)19-15/h10-13H,5-9H2,1-4H3/t10-,11+,12-,13+,15-,16+/m0/s1. The molecule has 0 aromatic heterocycles. The molecule has 0 radical (unpaired) electrons. The van der Waals surface area contributed by atoms with Crippen molar-refractivity contribution in [3.05, 3.63) is 0 Å². The molecule has 6 atom stereocenters. The molecule has 1 aliphatic carbocycles. The quantitative estimate of drug-likeness (QED) is 0.732. The summed E-state index contributed by atoms with van der Waals surface area (Å²) in [6.07, 6.45) is 5.14. The average molecular weight is 266 g/mol. The van der Waals surface area contributed by atoms with Crippen molar-refractivity contribution in [1.29, 1.82) is 0 Å². The number of hydrogen-bond donors (Lipinski definition) is 0. The van der Waals surface area contributed by atoms with Gasteiger partial charge in [0.2, 0.25) is 0 Å². The van der Waals surface area contributed by atoms with Gasteiger partial charge in [0.1, 0.15) is 5.60 Å². The molecule has 0 amide bonds. The topological polar surface area (TPSA) is 35.5 Å². The van der Waals surface area contributed by atoms with Crippen LogP contribution in [-0.4, -0.2) is 23.3 Å². The summed E-state index contributed by atoms with van der Waals surface area (Å²) in [6, 6.07) is 0. The van der Waals surface area contributed by atoms with Crippen LogP contribution in [0.3, 0.4) is 0 Å². The van der Waals surface area contributed by atoms with Gasteiger partial charge in [0.25, 0.3) is 0 Å². The number of rotatable bonds is 4. The molecule has 2 saturated heterocycles. The Hall–Kier alpha value is -0.570. The minimum atomic E-state index is -0.634. The Kier molecular flexibility index (Phi) is 2.97. The summed E-state index contributed by atoms with van der Waals surface area (Å²) in [6.45, 7) is 8.67. The maximum absolute atomic E-state index is 12.5. The second-order valence-corrected chi connectivity index (χ2v) is 6.54. The van der Waals surface area contributed by atoms with Crippen LogP contribution in [0.5, 0.6) is 0 Å². The first-order valence-electron chi connectivity index (χ1n) is 7.99. The van der Waals surface area contributed by atoms with E-state index in [1.807, 2.05) is 0 Å². The van der Waals surface area contributed by atoms with Crippen molar-refractivity contribution in [2.24, 2.45) is 17.8 Å². The van der Waals surface area contributed by atoms with E-state index < -0.39 is 5.60 Å². The highest BCUT2D eigenvalue weighted by atomic mass is 16.6. The van der Waals surface area contributed by atoms with Gasteiger partial charge in [-0.2, -0.15) is 0 Å². The summed E-state index contributed by atoms with van der Waals surface area (Å²) >= 11 is 0. The average Bonchev–Trinajstić information content (AvgIpc) is 3.01. The number of hydrogen-bond acceptors (Lipinski definition) is 3. The molecule has 2 heterocycles. The predicted molar refractivity (Wildman–Crippen MR) is 72.7 cm³/mol. The molecule has 3 rings (SSSR count). The molecule has 0 N–H and O–H groups in total. The van der Waals surface area contributed by atoms with Gasteiger partial charge < -0.3 is 9.47 Å². The van der Waals surface area contributed by atoms with E-state index in [4.69, 9.17) is 9.47 Å². The third-order valence-electron chi connectivity index (χ3n) is 6.09. The lowest BCUT2D eigenvalue weighted by molar-refractivity contribution is -0.165. The maximum Gasteiger partial charge on any atom is 0.339 e. The molecule has 2 aliphatic heterocycles. The van der Waals surface area contributed by atoms with Crippen LogP contribution in [0.1, 0.15) is 59.8 Å². The van der Waals surface area contributed by atoms with Gasteiger partial charge >= 0.3 is 5.97 Å². The molecule has 1 saturated carbocycles. The molecule has 0 aromatic carbocycles.